The van der Waals surface area contributed by atoms with Gasteiger partial charge in [0.2, 0.25) is 0 Å². The molecule has 0 saturated carbocycles. The third-order valence-electron chi connectivity index (χ3n) is 2.81. The van der Waals surface area contributed by atoms with Gasteiger partial charge in [-0.25, -0.2) is 0 Å². The van der Waals surface area contributed by atoms with Gasteiger partial charge in [-0.3, -0.25) is 0 Å². The van der Waals surface area contributed by atoms with Crippen molar-refractivity contribution >= 4 is 5.69 Å². The Morgan fingerprint density at radius 1 is 1.19 bits per heavy atom. The van der Waals surface area contributed by atoms with Crippen molar-refractivity contribution in [2.24, 2.45) is 5.73 Å². The van der Waals surface area contributed by atoms with Crippen molar-refractivity contribution in [3.05, 3.63) is 29.8 Å². The molecular formula is C13H22N2O. The minimum Gasteiger partial charge on any atom is -0.391 e. The van der Waals surface area contributed by atoms with E-state index in [9.17, 15) is 5.11 Å². The Bertz CT molecular complexity index is 293. The first-order valence-electron chi connectivity index (χ1n) is 5.93. The molecule has 16 heavy (non-hydrogen) atoms. The molecule has 1 unspecified atom stereocenters. The number of anilines is 1. The molecule has 0 aliphatic heterocycles. The van der Waals surface area contributed by atoms with Crippen LogP contribution >= 0.6 is 0 Å². The van der Waals surface area contributed by atoms with E-state index in [0.29, 0.717) is 13.0 Å². The normalized spacial score (nSPS) is 12.5. The number of aliphatic hydroxyl groups is 1. The van der Waals surface area contributed by atoms with Crippen LogP contribution in [0.15, 0.2) is 24.3 Å². The summed E-state index contributed by atoms with van der Waals surface area (Å²) in [5, 5.41) is 9.45. The second-order valence-corrected chi connectivity index (χ2v) is 3.93. The predicted molar refractivity (Wildman–Crippen MR) is 68.8 cm³/mol. The van der Waals surface area contributed by atoms with Gasteiger partial charge in [0, 0.05) is 25.3 Å². The second-order valence-electron chi connectivity index (χ2n) is 3.93. The molecule has 0 saturated heterocycles. The average Bonchev–Trinajstić information content (AvgIpc) is 2.32. The number of hydrogen-bond donors (Lipinski definition) is 2. The van der Waals surface area contributed by atoms with Crippen LogP contribution in [0.2, 0.25) is 0 Å². The first-order valence-corrected chi connectivity index (χ1v) is 5.93. The van der Waals surface area contributed by atoms with Crippen molar-refractivity contribution in [3.8, 4) is 0 Å². The lowest BCUT2D eigenvalue weighted by molar-refractivity contribution is 0.183. The van der Waals surface area contributed by atoms with Crippen molar-refractivity contribution in [1.82, 2.24) is 0 Å². The van der Waals surface area contributed by atoms with Crippen molar-refractivity contribution < 1.29 is 5.11 Å². The molecule has 3 nitrogen and oxygen atoms in total. The van der Waals surface area contributed by atoms with Crippen LogP contribution in [0.1, 0.15) is 19.4 Å². The topological polar surface area (TPSA) is 49.5 Å². The maximum absolute atomic E-state index is 9.45. The fourth-order valence-electron chi connectivity index (χ4n) is 1.79. The SMILES string of the molecule is CCN(CC)c1ccc(CC(O)CN)cc1. The van der Waals surface area contributed by atoms with Crippen LogP contribution in [-0.2, 0) is 6.42 Å². The predicted octanol–water partition coefficient (Wildman–Crippen LogP) is 1.39. The highest BCUT2D eigenvalue weighted by Gasteiger charge is 2.04. The summed E-state index contributed by atoms with van der Waals surface area (Å²) in [6, 6.07) is 8.33. The van der Waals surface area contributed by atoms with E-state index in [0.717, 1.165) is 18.7 Å². The Morgan fingerprint density at radius 3 is 2.19 bits per heavy atom. The number of hydrogen-bond acceptors (Lipinski definition) is 3. The lowest BCUT2D eigenvalue weighted by Gasteiger charge is -2.21. The van der Waals surface area contributed by atoms with E-state index in [1.54, 1.807) is 0 Å². The third-order valence-corrected chi connectivity index (χ3v) is 2.81. The molecule has 0 aliphatic rings. The summed E-state index contributed by atoms with van der Waals surface area (Å²) in [5.74, 6) is 0. The van der Waals surface area contributed by atoms with Crippen molar-refractivity contribution in [3.63, 3.8) is 0 Å². The van der Waals surface area contributed by atoms with Gasteiger partial charge in [-0.2, -0.15) is 0 Å². The molecule has 0 amide bonds. The molecule has 0 spiro atoms. The van der Waals surface area contributed by atoms with Gasteiger partial charge in [0.25, 0.3) is 0 Å². The molecule has 1 aromatic rings. The first kappa shape index (κ1) is 13.0. The first-order chi connectivity index (χ1) is 7.71. The fourth-order valence-corrected chi connectivity index (χ4v) is 1.79. The Morgan fingerprint density at radius 2 is 1.75 bits per heavy atom. The van der Waals surface area contributed by atoms with E-state index in [1.165, 1.54) is 5.69 Å². The standard InChI is InChI=1S/C13H22N2O/c1-3-15(4-2)12-7-5-11(6-8-12)9-13(16)10-14/h5-8,13,16H,3-4,9-10,14H2,1-2H3. The molecule has 0 bridgehead atoms. The Balaban J connectivity index is 2.67. The molecular weight excluding hydrogens is 200 g/mol. The minimum atomic E-state index is -0.431. The van der Waals surface area contributed by atoms with Gasteiger partial charge >= 0.3 is 0 Å². The van der Waals surface area contributed by atoms with Crippen molar-refractivity contribution in [2.45, 2.75) is 26.4 Å². The maximum atomic E-state index is 9.45. The number of benzene rings is 1. The lowest BCUT2D eigenvalue weighted by atomic mass is 10.1. The zero-order chi connectivity index (χ0) is 12.0. The van der Waals surface area contributed by atoms with Crippen LogP contribution in [0.25, 0.3) is 0 Å². The van der Waals surface area contributed by atoms with Crippen molar-refractivity contribution in [1.29, 1.82) is 0 Å². The Hall–Kier alpha value is -1.06. The molecule has 0 heterocycles. The molecule has 90 valence electrons. The lowest BCUT2D eigenvalue weighted by Crippen LogP contribution is -2.23. The largest absolute Gasteiger partial charge is 0.391 e. The van der Waals surface area contributed by atoms with Crippen LogP contribution in [0.4, 0.5) is 5.69 Å². The van der Waals surface area contributed by atoms with Crippen LogP contribution in [0.3, 0.4) is 0 Å². The summed E-state index contributed by atoms with van der Waals surface area (Å²) in [7, 11) is 0. The summed E-state index contributed by atoms with van der Waals surface area (Å²) < 4.78 is 0. The van der Waals surface area contributed by atoms with E-state index >= 15 is 0 Å². The molecule has 1 rings (SSSR count). The second kappa shape index (κ2) is 6.51. The quantitative estimate of drug-likeness (QED) is 0.765. The van der Waals surface area contributed by atoms with Crippen LogP contribution in [-0.4, -0.2) is 30.8 Å². The fraction of sp³-hybridized carbons (Fsp3) is 0.538. The van der Waals surface area contributed by atoms with Gasteiger partial charge in [-0.1, -0.05) is 12.1 Å². The molecule has 1 aromatic carbocycles. The summed E-state index contributed by atoms with van der Waals surface area (Å²) in [6.45, 7) is 6.64. The Labute approximate surface area is 97.9 Å². The smallest absolute Gasteiger partial charge is 0.0702 e. The van der Waals surface area contributed by atoms with E-state index < -0.39 is 6.10 Å². The summed E-state index contributed by atoms with van der Waals surface area (Å²) in [4.78, 5) is 2.29. The van der Waals surface area contributed by atoms with Gasteiger partial charge in [-0.15, -0.1) is 0 Å². The zero-order valence-corrected chi connectivity index (χ0v) is 10.2. The molecule has 3 heteroatoms. The highest BCUT2D eigenvalue weighted by atomic mass is 16.3. The van der Waals surface area contributed by atoms with Gasteiger partial charge in [-0.05, 0) is 38.0 Å². The van der Waals surface area contributed by atoms with Gasteiger partial charge < -0.3 is 15.7 Å². The van der Waals surface area contributed by atoms with Gasteiger partial charge in [0.15, 0.2) is 0 Å². The summed E-state index contributed by atoms with van der Waals surface area (Å²) >= 11 is 0. The maximum Gasteiger partial charge on any atom is 0.0702 e. The monoisotopic (exact) mass is 222 g/mol. The van der Waals surface area contributed by atoms with Gasteiger partial charge in [0.1, 0.15) is 0 Å². The Kier molecular flexibility index (Phi) is 5.29. The number of rotatable bonds is 6. The number of nitrogens with zero attached hydrogens (tertiary/aromatic N) is 1. The summed E-state index contributed by atoms with van der Waals surface area (Å²) in [6.07, 6.45) is 0.203. The molecule has 0 aromatic heterocycles. The summed E-state index contributed by atoms with van der Waals surface area (Å²) in [5.41, 5.74) is 7.75. The molecule has 0 aliphatic carbocycles. The highest BCUT2D eigenvalue weighted by molar-refractivity contribution is 5.47. The zero-order valence-electron chi connectivity index (χ0n) is 10.2. The third kappa shape index (κ3) is 3.51. The van der Waals surface area contributed by atoms with Crippen molar-refractivity contribution in [2.75, 3.05) is 24.5 Å². The van der Waals surface area contributed by atoms with Gasteiger partial charge in [0.05, 0.1) is 6.10 Å². The van der Waals surface area contributed by atoms with Crippen LogP contribution in [0, 0.1) is 0 Å². The van der Waals surface area contributed by atoms with Crippen LogP contribution in [0.5, 0.6) is 0 Å². The highest BCUT2D eigenvalue weighted by Crippen LogP contribution is 2.15. The minimum absolute atomic E-state index is 0.317. The molecule has 1 atom stereocenters. The average molecular weight is 222 g/mol. The van der Waals surface area contributed by atoms with E-state index in [2.05, 4.69) is 43.0 Å². The van der Waals surface area contributed by atoms with E-state index in [-0.39, 0.29) is 0 Å². The van der Waals surface area contributed by atoms with Crippen LogP contribution < -0.4 is 10.6 Å². The number of aliphatic hydroxyl groups excluding tert-OH is 1. The molecule has 0 radical (unpaired) electrons. The molecule has 3 N–H and O–H groups in total. The number of nitrogens with two attached hydrogens (primary N) is 1. The van der Waals surface area contributed by atoms with E-state index in [1.807, 2.05) is 0 Å². The molecule has 0 fully saturated rings. The van der Waals surface area contributed by atoms with E-state index in [4.69, 9.17) is 5.73 Å².